The molecule has 2 aromatic rings. The van der Waals surface area contributed by atoms with Gasteiger partial charge in [-0.15, -0.1) is 0 Å². The van der Waals surface area contributed by atoms with Gasteiger partial charge >= 0.3 is 0 Å². The summed E-state index contributed by atoms with van der Waals surface area (Å²) in [6, 6.07) is 7.00. The van der Waals surface area contributed by atoms with E-state index in [0.29, 0.717) is 44.8 Å². The lowest BCUT2D eigenvalue weighted by molar-refractivity contribution is -0.117. The molecule has 2 aliphatic rings. The van der Waals surface area contributed by atoms with Gasteiger partial charge in [-0.1, -0.05) is 6.07 Å². The topological polar surface area (TPSA) is 99.8 Å². The molecular weight excluding hydrogens is 394 g/mol. The molecule has 0 saturated carbocycles. The highest BCUT2D eigenvalue weighted by Crippen LogP contribution is 2.26. The minimum Gasteiger partial charge on any atom is -0.366 e. The molecule has 0 radical (unpaired) electrons. The SMILES string of the molecule is Cc1cnc(N2CCN(C(=O)c3ccc(N4CCCC4=O)cc3C(N)=O)CC2)c(C)c1. The van der Waals surface area contributed by atoms with Crippen molar-refractivity contribution >= 4 is 29.2 Å². The van der Waals surface area contributed by atoms with E-state index >= 15 is 0 Å². The number of piperazine rings is 1. The van der Waals surface area contributed by atoms with Gasteiger partial charge in [-0.3, -0.25) is 14.4 Å². The van der Waals surface area contributed by atoms with Crippen LogP contribution in [-0.2, 0) is 4.79 Å². The number of rotatable bonds is 4. The molecule has 4 rings (SSSR count). The van der Waals surface area contributed by atoms with Gasteiger partial charge in [0, 0.05) is 51.0 Å². The number of pyridine rings is 1. The first-order valence-corrected chi connectivity index (χ1v) is 10.6. The molecule has 0 spiro atoms. The Labute approximate surface area is 181 Å². The number of aromatic nitrogens is 1. The fourth-order valence-corrected chi connectivity index (χ4v) is 4.34. The molecule has 3 amide bonds. The summed E-state index contributed by atoms with van der Waals surface area (Å²) in [6.45, 7) is 7.04. The zero-order chi connectivity index (χ0) is 22.1. The highest BCUT2D eigenvalue weighted by atomic mass is 16.2. The molecule has 2 aliphatic heterocycles. The second kappa shape index (κ2) is 8.37. The summed E-state index contributed by atoms with van der Waals surface area (Å²) in [5.74, 6) is 0.0667. The molecule has 162 valence electrons. The molecule has 2 fully saturated rings. The van der Waals surface area contributed by atoms with Crippen LogP contribution >= 0.6 is 0 Å². The molecule has 0 unspecified atom stereocenters. The summed E-state index contributed by atoms with van der Waals surface area (Å²) in [4.78, 5) is 47.4. The van der Waals surface area contributed by atoms with E-state index in [4.69, 9.17) is 5.73 Å². The van der Waals surface area contributed by atoms with E-state index in [-0.39, 0.29) is 22.9 Å². The molecule has 0 atom stereocenters. The number of aryl methyl sites for hydroxylation is 2. The van der Waals surface area contributed by atoms with Crippen LogP contribution in [0.5, 0.6) is 0 Å². The van der Waals surface area contributed by atoms with Crippen molar-refractivity contribution in [3.05, 3.63) is 52.7 Å². The van der Waals surface area contributed by atoms with Crippen LogP contribution in [0.15, 0.2) is 30.5 Å². The van der Waals surface area contributed by atoms with Crippen LogP contribution in [-0.4, -0.2) is 60.3 Å². The molecule has 2 saturated heterocycles. The molecule has 8 heteroatoms. The Kier molecular flexibility index (Phi) is 5.63. The van der Waals surface area contributed by atoms with Crippen LogP contribution in [0.4, 0.5) is 11.5 Å². The average Bonchev–Trinajstić information content (AvgIpc) is 3.19. The summed E-state index contributed by atoms with van der Waals surface area (Å²) in [5.41, 5.74) is 8.86. The molecule has 0 bridgehead atoms. The summed E-state index contributed by atoms with van der Waals surface area (Å²) >= 11 is 0. The van der Waals surface area contributed by atoms with Crippen molar-refractivity contribution in [1.29, 1.82) is 0 Å². The molecule has 0 aliphatic carbocycles. The predicted molar refractivity (Wildman–Crippen MR) is 118 cm³/mol. The maximum atomic E-state index is 13.2. The van der Waals surface area contributed by atoms with E-state index in [0.717, 1.165) is 23.4 Å². The van der Waals surface area contributed by atoms with Crippen molar-refractivity contribution in [2.75, 3.05) is 42.5 Å². The molecule has 1 aromatic heterocycles. The molecule has 1 aromatic carbocycles. The Balaban J connectivity index is 1.50. The van der Waals surface area contributed by atoms with Crippen LogP contribution in [0.2, 0.25) is 0 Å². The standard InChI is InChI=1S/C23H27N5O3/c1-15-12-16(2)22(25-14-15)26-8-10-27(11-9-26)23(31)18-6-5-17(13-19(18)21(24)30)28-7-3-4-20(28)29/h5-6,12-14H,3-4,7-11H2,1-2H3,(H2,24,30). The lowest BCUT2D eigenvalue weighted by Crippen LogP contribution is -2.49. The number of carbonyl (C=O) groups excluding carboxylic acids is 3. The number of nitrogens with two attached hydrogens (primary N) is 1. The first-order chi connectivity index (χ1) is 14.8. The zero-order valence-corrected chi connectivity index (χ0v) is 17.9. The van der Waals surface area contributed by atoms with E-state index in [1.54, 1.807) is 28.0 Å². The third-order valence-electron chi connectivity index (χ3n) is 5.94. The van der Waals surface area contributed by atoms with Crippen molar-refractivity contribution in [3.8, 4) is 0 Å². The number of nitrogens with zero attached hydrogens (tertiary/aromatic N) is 4. The van der Waals surface area contributed by atoms with Gasteiger partial charge in [-0.05, 0) is 49.6 Å². The molecule has 31 heavy (non-hydrogen) atoms. The Bertz CT molecular complexity index is 1040. The number of benzene rings is 1. The van der Waals surface area contributed by atoms with Gasteiger partial charge in [-0.2, -0.15) is 0 Å². The van der Waals surface area contributed by atoms with Crippen molar-refractivity contribution in [3.63, 3.8) is 0 Å². The average molecular weight is 422 g/mol. The second-order valence-corrected chi connectivity index (χ2v) is 8.18. The number of hydrogen-bond acceptors (Lipinski definition) is 5. The summed E-state index contributed by atoms with van der Waals surface area (Å²) in [6.07, 6.45) is 3.13. The normalized spacial score (nSPS) is 16.7. The maximum Gasteiger partial charge on any atom is 0.254 e. The van der Waals surface area contributed by atoms with Gasteiger partial charge in [0.2, 0.25) is 11.8 Å². The Morgan fingerprint density at radius 3 is 2.35 bits per heavy atom. The fourth-order valence-electron chi connectivity index (χ4n) is 4.34. The third kappa shape index (κ3) is 4.10. The van der Waals surface area contributed by atoms with E-state index in [1.807, 2.05) is 20.0 Å². The van der Waals surface area contributed by atoms with Gasteiger partial charge in [0.25, 0.3) is 5.91 Å². The number of anilines is 2. The minimum absolute atomic E-state index is 0.0191. The largest absolute Gasteiger partial charge is 0.366 e. The molecule has 3 heterocycles. The van der Waals surface area contributed by atoms with Crippen LogP contribution < -0.4 is 15.5 Å². The monoisotopic (exact) mass is 421 g/mol. The van der Waals surface area contributed by atoms with Crippen LogP contribution in [0, 0.1) is 13.8 Å². The Morgan fingerprint density at radius 2 is 1.74 bits per heavy atom. The highest BCUT2D eigenvalue weighted by molar-refractivity contribution is 6.08. The fraction of sp³-hybridized carbons (Fsp3) is 0.391. The third-order valence-corrected chi connectivity index (χ3v) is 5.94. The smallest absolute Gasteiger partial charge is 0.254 e. The highest BCUT2D eigenvalue weighted by Gasteiger charge is 2.28. The predicted octanol–water partition coefficient (Wildman–Crippen LogP) is 1.89. The summed E-state index contributed by atoms with van der Waals surface area (Å²) in [5, 5.41) is 0. The maximum absolute atomic E-state index is 13.2. The van der Waals surface area contributed by atoms with Crippen LogP contribution in [0.25, 0.3) is 0 Å². The number of primary amides is 1. The van der Waals surface area contributed by atoms with Crippen LogP contribution in [0.1, 0.15) is 44.7 Å². The quantitative estimate of drug-likeness (QED) is 0.813. The zero-order valence-electron chi connectivity index (χ0n) is 17.9. The number of hydrogen-bond donors (Lipinski definition) is 1. The van der Waals surface area contributed by atoms with Crippen molar-refractivity contribution < 1.29 is 14.4 Å². The lowest BCUT2D eigenvalue weighted by Gasteiger charge is -2.36. The number of amides is 3. The van der Waals surface area contributed by atoms with Gasteiger partial charge in [0.05, 0.1) is 11.1 Å². The summed E-state index contributed by atoms with van der Waals surface area (Å²) in [7, 11) is 0. The van der Waals surface area contributed by atoms with E-state index in [2.05, 4.69) is 16.0 Å². The molecule has 2 N–H and O–H groups in total. The van der Waals surface area contributed by atoms with Gasteiger partial charge < -0.3 is 20.4 Å². The van der Waals surface area contributed by atoms with Gasteiger partial charge in [-0.25, -0.2) is 4.98 Å². The van der Waals surface area contributed by atoms with E-state index in [9.17, 15) is 14.4 Å². The first kappa shape index (κ1) is 20.8. The van der Waals surface area contributed by atoms with Gasteiger partial charge in [0.15, 0.2) is 0 Å². The Morgan fingerprint density at radius 1 is 1.00 bits per heavy atom. The van der Waals surface area contributed by atoms with Crippen LogP contribution in [0.3, 0.4) is 0 Å². The first-order valence-electron chi connectivity index (χ1n) is 10.6. The van der Waals surface area contributed by atoms with E-state index < -0.39 is 5.91 Å². The molecule has 8 nitrogen and oxygen atoms in total. The van der Waals surface area contributed by atoms with E-state index in [1.165, 1.54) is 0 Å². The Hall–Kier alpha value is -3.42. The molecular formula is C23H27N5O3. The minimum atomic E-state index is -0.671. The lowest BCUT2D eigenvalue weighted by atomic mass is 10.0. The number of carbonyl (C=O) groups is 3. The summed E-state index contributed by atoms with van der Waals surface area (Å²) < 4.78 is 0. The van der Waals surface area contributed by atoms with Crippen molar-refractivity contribution in [2.24, 2.45) is 5.73 Å². The second-order valence-electron chi connectivity index (χ2n) is 8.18. The van der Waals surface area contributed by atoms with Gasteiger partial charge in [0.1, 0.15) is 5.82 Å². The van der Waals surface area contributed by atoms with Crippen molar-refractivity contribution in [1.82, 2.24) is 9.88 Å². The van der Waals surface area contributed by atoms with Crippen molar-refractivity contribution in [2.45, 2.75) is 26.7 Å².